The van der Waals surface area contributed by atoms with Gasteiger partial charge in [0.05, 0.1) is 10.2 Å². The van der Waals surface area contributed by atoms with Crippen molar-refractivity contribution in [2.45, 2.75) is 25.2 Å². The number of halogens is 3. The van der Waals surface area contributed by atoms with Gasteiger partial charge in [0.25, 0.3) is 0 Å². The largest absolute Gasteiger partial charge is 0.319 e. The first-order valence-corrected chi connectivity index (χ1v) is 8.50. The molecule has 0 radical (unpaired) electrons. The zero-order valence-corrected chi connectivity index (χ0v) is 14.0. The van der Waals surface area contributed by atoms with Gasteiger partial charge in [-0.1, -0.05) is 0 Å². The third-order valence-corrected chi connectivity index (χ3v) is 5.73. The maximum atomic E-state index is 13.7. The van der Waals surface area contributed by atoms with E-state index in [9.17, 15) is 8.78 Å². The molecule has 1 aliphatic rings. The topological polar surface area (TPSA) is 24.9 Å². The number of hydrogen-bond acceptors (Lipinski definition) is 3. The molecular weight excluding hydrogens is 358 g/mol. The van der Waals surface area contributed by atoms with Gasteiger partial charge >= 0.3 is 0 Å². The fourth-order valence-corrected chi connectivity index (χ4v) is 4.62. The second-order valence-electron chi connectivity index (χ2n) is 5.20. The van der Waals surface area contributed by atoms with Crippen molar-refractivity contribution >= 4 is 27.3 Å². The van der Waals surface area contributed by atoms with Gasteiger partial charge in [-0.3, -0.25) is 0 Å². The van der Waals surface area contributed by atoms with Crippen LogP contribution in [0.4, 0.5) is 8.78 Å². The highest BCUT2D eigenvalue weighted by atomic mass is 79.9. The number of fused-ring (bicyclic) bond motifs is 1. The summed E-state index contributed by atoms with van der Waals surface area (Å²) in [5, 5.41) is 3.96. The molecule has 1 atom stereocenters. The summed E-state index contributed by atoms with van der Waals surface area (Å²) in [4.78, 5) is 5.98. The van der Waals surface area contributed by atoms with Crippen molar-refractivity contribution in [3.63, 3.8) is 0 Å². The Kier molecular flexibility index (Phi) is 4.38. The average Bonchev–Trinajstić information content (AvgIpc) is 2.90. The Morgan fingerprint density at radius 3 is 3.00 bits per heavy atom. The molecule has 0 aliphatic heterocycles. The zero-order valence-electron chi connectivity index (χ0n) is 11.5. The van der Waals surface area contributed by atoms with Crippen LogP contribution in [0.3, 0.4) is 0 Å². The van der Waals surface area contributed by atoms with Crippen LogP contribution in [0.5, 0.6) is 0 Å². The van der Waals surface area contributed by atoms with E-state index in [1.165, 1.54) is 4.88 Å². The predicted molar refractivity (Wildman–Crippen MR) is 84.8 cm³/mol. The van der Waals surface area contributed by atoms with Crippen LogP contribution in [-0.4, -0.2) is 18.6 Å². The van der Waals surface area contributed by atoms with Gasteiger partial charge in [0.2, 0.25) is 0 Å². The second kappa shape index (κ2) is 6.10. The molecule has 0 amide bonds. The maximum Gasteiger partial charge on any atom is 0.173 e. The van der Waals surface area contributed by atoms with E-state index in [2.05, 4.69) is 21.2 Å². The number of aromatic nitrogens is 1. The Morgan fingerprint density at radius 2 is 2.24 bits per heavy atom. The number of thiazole rings is 1. The van der Waals surface area contributed by atoms with Gasteiger partial charge in [0, 0.05) is 22.9 Å². The molecule has 0 bridgehead atoms. The van der Waals surface area contributed by atoms with E-state index >= 15 is 0 Å². The number of nitrogens with one attached hydrogen (secondary N) is 1. The van der Waals surface area contributed by atoms with Gasteiger partial charge < -0.3 is 5.32 Å². The lowest BCUT2D eigenvalue weighted by molar-refractivity contribution is 0.504. The lowest BCUT2D eigenvalue weighted by atomic mass is 9.91. The van der Waals surface area contributed by atoms with Crippen molar-refractivity contribution in [3.05, 3.63) is 38.8 Å². The first kappa shape index (κ1) is 15.1. The van der Waals surface area contributed by atoms with Crippen molar-refractivity contribution < 1.29 is 8.78 Å². The third-order valence-electron chi connectivity index (χ3n) is 3.79. The minimum Gasteiger partial charge on any atom is -0.319 e. The average molecular weight is 373 g/mol. The van der Waals surface area contributed by atoms with E-state index < -0.39 is 11.6 Å². The Balaban J connectivity index is 2.03. The standard InChI is InChI=1S/C15H15BrF2N2S/c1-19-7-8-3-2-4-11-14(8)20-15(21-11)9-5-6-10(17)13(18)12(9)16/h5-6,8,19H,2-4,7H2,1H3. The van der Waals surface area contributed by atoms with Gasteiger partial charge in [0.1, 0.15) is 5.01 Å². The first-order chi connectivity index (χ1) is 10.1. The molecule has 2 aromatic rings. The van der Waals surface area contributed by atoms with E-state index in [1.807, 2.05) is 7.05 Å². The van der Waals surface area contributed by atoms with Crippen molar-refractivity contribution in [2.75, 3.05) is 13.6 Å². The Labute approximate surface area is 134 Å². The van der Waals surface area contributed by atoms with Crippen molar-refractivity contribution in [3.8, 4) is 10.6 Å². The smallest absolute Gasteiger partial charge is 0.173 e. The molecule has 3 rings (SSSR count). The molecule has 1 aliphatic carbocycles. The minimum atomic E-state index is -0.854. The van der Waals surface area contributed by atoms with Crippen LogP contribution in [0.1, 0.15) is 29.3 Å². The van der Waals surface area contributed by atoms with E-state index in [1.54, 1.807) is 17.4 Å². The summed E-state index contributed by atoms with van der Waals surface area (Å²) in [7, 11) is 1.94. The maximum absolute atomic E-state index is 13.7. The van der Waals surface area contributed by atoms with Crippen molar-refractivity contribution in [1.82, 2.24) is 10.3 Å². The highest BCUT2D eigenvalue weighted by Crippen LogP contribution is 2.40. The summed E-state index contributed by atoms with van der Waals surface area (Å²) in [5.74, 6) is -1.29. The lowest BCUT2D eigenvalue weighted by Gasteiger charge is -2.20. The monoisotopic (exact) mass is 372 g/mol. The summed E-state index contributed by atoms with van der Waals surface area (Å²) in [6, 6.07) is 2.74. The summed E-state index contributed by atoms with van der Waals surface area (Å²) in [6.45, 7) is 0.898. The number of benzene rings is 1. The summed E-state index contributed by atoms with van der Waals surface area (Å²) >= 11 is 4.73. The van der Waals surface area contributed by atoms with Gasteiger partial charge in [0.15, 0.2) is 11.6 Å². The molecule has 1 aromatic carbocycles. The molecule has 1 aromatic heterocycles. The number of likely N-dealkylation sites (N-methyl/N-ethyl adjacent to an activating group) is 1. The fraction of sp³-hybridized carbons (Fsp3) is 0.400. The molecule has 21 heavy (non-hydrogen) atoms. The molecule has 112 valence electrons. The van der Waals surface area contributed by atoms with E-state index in [0.29, 0.717) is 11.5 Å². The van der Waals surface area contributed by atoms with Crippen molar-refractivity contribution in [1.29, 1.82) is 0 Å². The normalized spacial score (nSPS) is 17.8. The second-order valence-corrected chi connectivity index (χ2v) is 7.07. The number of aryl methyl sites for hydroxylation is 1. The van der Waals surface area contributed by atoms with E-state index in [0.717, 1.165) is 42.6 Å². The summed E-state index contributed by atoms with van der Waals surface area (Å²) in [6.07, 6.45) is 3.30. The predicted octanol–water partition coefficient (Wildman–Crippen LogP) is 4.49. The van der Waals surface area contributed by atoms with E-state index in [4.69, 9.17) is 4.98 Å². The summed E-state index contributed by atoms with van der Waals surface area (Å²) in [5.41, 5.74) is 1.74. The zero-order chi connectivity index (χ0) is 15.0. The minimum absolute atomic E-state index is 0.152. The highest BCUT2D eigenvalue weighted by Gasteiger charge is 2.25. The van der Waals surface area contributed by atoms with Crippen LogP contribution in [0.15, 0.2) is 16.6 Å². The van der Waals surface area contributed by atoms with Gasteiger partial charge in [-0.2, -0.15) is 0 Å². The molecule has 1 unspecified atom stereocenters. The molecule has 0 saturated carbocycles. The number of nitrogens with zero attached hydrogens (tertiary/aromatic N) is 1. The molecule has 1 heterocycles. The Hall–Kier alpha value is -0.850. The van der Waals surface area contributed by atoms with Crippen LogP contribution in [0.25, 0.3) is 10.6 Å². The van der Waals surface area contributed by atoms with Gasteiger partial charge in [-0.05, 0) is 54.4 Å². The Bertz CT molecular complexity index is 672. The SMILES string of the molecule is CNCC1CCCc2sc(-c3ccc(F)c(F)c3Br)nc21. The number of hydrogen-bond donors (Lipinski definition) is 1. The lowest BCUT2D eigenvalue weighted by Crippen LogP contribution is -2.20. The highest BCUT2D eigenvalue weighted by molar-refractivity contribution is 9.10. The molecular formula is C15H15BrF2N2S. The van der Waals surface area contributed by atoms with Crippen LogP contribution in [0.2, 0.25) is 0 Å². The van der Waals surface area contributed by atoms with Crippen LogP contribution < -0.4 is 5.32 Å². The molecule has 0 spiro atoms. The molecule has 1 N–H and O–H groups in total. The first-order valence-electron chi connectivity index (χ1n) is 6.90. The van der Waals surface area contributed by atoms with E-state index in [-0.39, 0.29) is 4.47 Å². The summed E-state index contributed by atoms with van der Waals surface area (Å²) < 4.78 is 27.1. The molecule has 6 heteroatoms. The van der Waals surface area contributed by atoms with Gasteiger partial charge in [-0.25, -0.2) is 13.8 Å². The quantitative estimate of drug-likeness (QED) is 0.802. The van der Waals surface area contributed by atoms with Crippen LogP contribution in [0, 0.1) is 11.6 Å². The molecule has 0 saturated heterocycles. The van der Waals surface area contributed by atoms with Crippen molar-refractivity contribution in [2.24, 2.45) is 0 Å². The molecule has 2 nitrogen and oxygen atoms in total. The Morgan fingerprint density at radius 1 is 1.43 bits per heavy atom. The fourth-order valence-electron chi connectivity index (χ4n) is 2.76. The molecule has 0 fully saturated rings. The third kappa shape index (κ3) is 2.76. The van der Waals surface area contributed by atoms with Crippen LogP contribution in [-0.2, 0) is 6.42 Å². The van der Waals surface area contributed by atoms with Crippen LogP contribution >= 0.6 is 27.3 Å². The van der Waals surface area contributed by atoms with Gasteiger partial charge in [-0.15, -0.1) is 11.3 Å². The number of rotatable bonds is 3.